The quantitative estimate of drug-likeness (QED) is 0.911. The Hall–Kier alpha value is -1.88. The zero-order valence-electron chi connectivity index (χ0n) is 10.7. The van der Waals surface area contributed by atoms with Crippen LogP contribution in [-0.4, -0.2) is 16.2 Å². The van der Waals surface area contributed by atoms with Gasteiger partial charge in [0.2, 0.25) is 11.7 Å². The zero-order chi connectivity index (χ0) is 13.1. The predicted octanol–water partition coefficient (Wildman–Crippen LogP) is 2.24. The van der Waals surface area contributed by atoms with Crippen molar-refractivity contribution in [3.05, 3.63) is 42.0 Å². The van der Waals surface area contributed by atoms with E-state index in [0.717, 1.165) is 25.0 Å². The number of nitrogens with two attached hydrogens (primary N) is 1. The molecule has 2 unspecified atom stereocenters. The van der Waals surface area contributed by atoms with Gasteiger partial charge in [0, 0.05) is 12.0 Å². The molecular weight excluding hydrogens is 242 g/mol. The van der Waals surface area contributed by atoms with Crippen LogP contribution in [0.5, 0.6) is 5.75 Å². The Morgan fingerprint density at radius 3 is 2.84 bits per heavy atom. The first kappa shape index (κ1) is 12.2. The highest BCUT2D eigenvalue weighted by Crippen LogP contribution is 2.32. The summed E-state index contributed by atoms with van der Waals surface area (Å²) in [6.45, 7) is 0.326. The van der Waals surface area contributed by atoms with E-state index in [9.17, 15) is 0 Å². The summed E-state index contributed by atoms with van der Waals surface area (Å²) in [5, 5.41) is 3.95. The summed E-state index contributed by atoms with van der Waals surface area (Å²) in [6.07, 6.45) is 2.99. The molecule has 0 saturated heterocycles. The average Bonchev–Trinajstić information content (AvgIpc) is 3.06. The number of nitrogens with zero attached hydrogens (tertiary/aromatic N) is 2. The normalized spacial score (nSPS) is 22.6. The van der Waals surface area contributed by atoms with Crippen molar-refractivity contribution in [3.63, 3.8) is 0 Å². The summed E-state index contributed by atoms with van der Waals surface area (Å²) in [6, 6.07) is 9.87. The first-order valence-electron chi connectivity index (χ1n) is 6.57. The molecule has 5 heteroatoms. The van der Waals surface area contributed by atoms with Crippen molar-refractivity contribution in [1.29, 1.82) is 0 Å². The molecule has 0 amide bonds. The van der Waals surface area contributed by atoms with E-state index in [2.05, 4.69) is 10.1 Å². The SMILES string of the molecule is NC1CCC(c2nc(COc3ccccc3)no2)C1. The Bertz CT molecular complexity index is 526. The van der Waals surface area contributed by atoms with Crippen molar-refractivity contribution in [2.45, 2.75) is 37.8 Å². The van der Waals surface area contributed by atoms with Crippen LogP contribution >= 0.6 is 0 Å². The molecule has 1 aromatic heterocycles. The van der Waals surface area contributed by atoms with Crippen molar-refractivity contribution < 1.29 is 9.26 Å². The highest BCUT2D eigenvalue weighted by molar-refractivity contribution is 5.20. The van der Waals surface area contributed by atoms with Gasteiger partial charge in [-0.05, 0) is 31.4 Å². The Kier molecular flexibility index (Phi) is 3.46. The minimum atomic E-state index is 0.265. The number of hydrogen-bond donors (Lipinski definition) is 1. The van der Waals surface area contributed by atoms with Crippen LogP contribution in [-0.2, 0) is 6.61 Å². The van der Waals surface area contributed by atoms with Crippen molar-refractivity contribution in [2.75, 3.05) is 0 Å². The molecule has 100 valence electrons. The van der Waals surface area contributed by atoms with Gasteiger partial charge in [-0.3, -0.25) is 0 Å². The van der Waals surface area contributed by atoms with E-state index in [1.165, 1.54) is 0 Å². The Morgan fingerprint density at radius 2 is 2.11 bits per heavy atom. The fourth-order valence-corrected chi connectivity index (χ4v) is 2.40. The molecule has 19 heavy (non-hydrogen) atoms. The molecule has 2 atom stereocenters. The first-order valence-corrected chi connectivity index (χ1v) is 6.57. The summed E-state index contributed by atoms with van der Waals surface area (Å²) in [4.78, 5) is 4.38. The summed E-state index contributed by atoms with van der Waals surface area (Å²) in [5.41, 5.74) is 5.89. The number of ether oxygens (including phenoxy) is 1. The Morgan fingerprint density at radius 1 is 1.26 bits per heavy atom. The third kappa shape index (κ3) is 2.93. The minimum absolute atomic E-state index is 0.265. The number of rotatable bonds is 4. The van der Waals surface area contributed by atoms with E-state index in [-0.39, 0.29) is 6.04 Å². The van der Waals surface area contributed by atoms with E-state index in [1.807, 2.05) is 30.3 Å². The maximum Gasteiger partial charge on any atom is 0.229 e. The van der Waals surface area contributed by atoms with Crippen LogP contribution in [0, 0.1) is 0 Å². The van der Waals surface area contributed by atoms with Crippen molar-refractivity contribution in [1.82, 2.24) is 10.1 Å². The minimum Gasteiger partial charge on any atom is -0.485 e. The molecular formula is C14H17N3O2. The van der Waals surface area contributed by atoms with Gasteiger partial charge in [0.15, 0.2) is 6.61 Å². The zero-order valence-corrected chi connectivity index (χ0v) is 10.7. The maximum atomic E-state index is 5.89. The summed E-state index contributed by atoms with van der Waals surface area (Å²) in [5.74, 6) is 2.39. The second kappa shape index (κ2) is 5.40. The van der Waals surface area contributed by atoms with Gasteiger partial charge >= 0.3 is 0 Å². The number of benzene rings is 1. The number of aromatic nitrogens is 2. The van der Waals surface area contributed by atoms with E-state index in [4.69, 9.17) is 15.0 Å². The lowest BCUT2D eigenvalue weighted by atomic mass is 10.1. The molecule has 1 fully saturated rings. The number of para-hydroxylation sites is 1. The summed E-state index contributed by atoms with van der Waals surface area (Å²) >= 11 is 0. The topological polar surface area (TPSA) is 74.2 Å². The molecule has 2 aromatic rings. The molecule has 0 radical (unpaired) electrons. The molecule has 3 rings (SSSR count). The number of hydrogen-bond acceptors (Lipinski definition) is 5. The van der Waals surface area contributed by atoms with Crippen LogP contribution in [0.25, 0.3) is 0 Å². The van der Waals surface area contributed by atoms with E-state index in [0.29, 0.717) is 24.2 Å². The molecule has 1 saturated carbocycles. The molecule has 1 aliphatic rings. The van der Waals surface area contributed by atoms with Crippen LogP contribution in [0.3, 0.4) is 0 Å². The van der Waals surface area contributed by atoms with Crippen molar-refractivity contribution in [3.8, 4) is 5.75 Å². The van der Waals surface area contributed by atoms with Crippen LogP contribution in [0.2, 0.25) is 0 Å². The van der Waals surface area contributed by atoms with Gasteiger partial charge in [0.05, 0.1) is 0 Å². The van der Waals surface area contributed by atoms with E-state index < -0.39 is 0 Å². The monoisotopic (exact) mass is 259 g/mol. The largest absolute Gasteiger partial charge is 0.485 e. The highest BCUT2D eigenvalue weighted by atomic mass is 16.5. The van der Waals surface area contributed by atoms with E-state index >= 15 is 0 Å². The summed E-state index contributed by atoms with van der Waals surface area (Å²) < 4.78 is 10.9. The second-order valence-electron chi connectivity index (χ2n) is 4.92. The first-order chi connectivity index (χ1) is 9.31. The predicted molar refractivity (Wildman–Crippen MR) is 69.6 cm³/mol. The van der Waals surface area contributed by atoms with Crippen LogP contribution in [0.4, 0.5) is 0 Å². The third-order valence-electron chi connectivity index (χ3n) is 3.42. The molecule has 0 bridgehead atoms. The van der Waals surface area contributed by atoms with Crippen LogP contribution in [0.1, 0.15) is 36.9 Å². The third-order valence-corrected chi connectivity index (χ3v) is 3.42. The van der Waals surface area contributed by atoms with Gasteiger partial charge in [0.1, 0.15) is 5.75 Å². The molecule has 1 aliphatic carbocycles. The Balaban J connectivity index is 1.59. The standard InChI is InChI=1S/C14H17N3O2/c15-11-7-6-10(8-11)14-16-13(17-19-14)9-18-12-4-2-1-3-5-12/h1-5,10-11H,6-9,15H2. The molecule has 2 N–H and O–H groups in total. The summed E-state index contributed by atoms with van der Waals surface area (Å²) in [7, 11) is 0. The molecule has 0 aliphatic heterocycles. The Labute approximate surface area is 111 Å². The molecule has 1 aromatic carbocycles. The van der Waals surface area contributed by atoms with Crippen LogP contribution in [0.15, 0.2) is 34.9 Å². The highest BCUT2D eigenvalue weighted by Gasteiger charge is 2.27. The smallest absolute Gasteiger partial charge is 0.229 e. The van der Waals surface area contributed by atoms with Gasteiger partial charge < -0.3 is 15.0 Å². The van der Waals surface area contributed by atoms with Crippen LogP contribution < -0.4 is 10.5 Å². The lowest BCUT2D eigenvalue weighted by Gasteiger charge is -2.02. The fourth-order valence-electron chi connectivity index (χ4n) is 2.40. The van der Waals surface area contributed by atoms with Gasteiger partial charge in [-0.25, -0.2) is 0 Å². The van der Waals surface area contributed by atoms with Gasteiger partial charge in [-0.2, -0.15) is 4.98 Å². The van der Waals surface area contributed by atoms with Crippen molar-refractivity contribution in [2.24, 2.45) is 5.73 Å². The van der Waals surface area contributed by atoms with Gasteiger partial charge in [-0.15, -0.1) is 0 Å². The average molecular weight is 259 g/mol. The second-order valence-corrected chi connectivity index (χ2v) is 4.92. The lowest BCUT2D eigenvalue weighted by molar-refractivity contribution is 0.283. The lowest BCUT2D eigenvalue weighted by Crippen LogP contribution is -2.14. The molecule has 1 heterocycles. The maximum absolute atomic E-state index is 5.89. The fraction of sp³-hybridized carbons (Fsp3) is 0.429. The molecule has 0 spiro atoms. The van der Waals surface area contributed by atoms with E-state index in [1.54, 1.807) is 0 Å². The molecule has 5 nitrogen and oxygen atoms in total. The van der Waals surface area contributed by atoms with Gasteiger partial charge in [0.25, 0.3) is 0 Å². The van der Waals surface area contributed by atoms with Gasteiger partial charge in [-0.1, -0.05) is 23.4 Å². The van der Waals surface area contributed by atoms with Crippen molar-refractivity contribution >= 4 is 0 Å².